The summed E-state index contributed by atoms with van der Waals surface area (Å²) in [5.41, 5.74) is 2.53. The van der Waals surface area contributed by atoms with E-state index < -0.39 is 0 Å². The van der Waals surface area contributed by atoms with Crippen molar-refractivity contribution >= 4 is 5.69 Å². The Morgan fingerprint density at radius 3 is 3.05 bits per heavy atom. The third-order valence-electron chi connectivity index (χ3n) is 4.21. The Morgan fingerprint density at radius 2 is 2.19 bits per heavy atom. The van der Waals surface area contributed by atoms with Gasteiger partial charge in [-0.25, -0.2) is 0 Å². The van der Waals surface area contributed by atoms with Crippen LogP contribution in [0.3, 0.4) is 0 Å². The Kier molecular flexibility index (Phi) is 4.99. The lowest BCUT2D eigenvalue weighted by Gasteiger charge is -2.29. The molecule has 2 aliphatic heterocycles. The number of rotatable bonds is 3. The molecule has 2 aliphatic rings. The second-order valence-electron chi connectivity index (χ2n) is 6.02. The van der Waals surface area contributed by atoms with Crippen LogP contribution in [0.15, 0.2) is 18.2 Å². The minimum Gasteiger partial charge on any atom is -0.486 e. The van der Waals surface area contributed by atoms with E-state index in [-0.39, 0.29) is 6.10 Å². The average Bonchev–Trinajstić information content (AvgIpc) is 2.79. The molecule has 0 bridgehead atoms. The number of nitrogens with zero attached hydrogens (tertiary/aromatic N) is 1. The molecule has 4 nitrogen and oxygen atoms in total. The minimum atomic E-state index is 0.199. The SMILES string of the molecule is Cc1ccc(OC2CCCOC2)c(N2CCCNCC2)c1. The van der Waals surface area contributed by atoms with E-state index in [1.54, 1.807) is 0 Å². The van der Waals surface area contributed by atoms with Crippen LogP contribution in [0.5, 0.6) is 5.75 Å². The van der Waals surface area contributed by atoms with Gasteiger partial charge in [0.05, 0.1) is 12.3 Å². The van der Waals surface area contributed by atoms with E-state index in [2.05, 4.69) is 35.3 Å². The second kappa shape index (κ2) is 7.14. The van der Waals surface area contributed by atoms with Gasteiger partial charge in [-0.3, -0.25) is 0 Å². The highest BCUT2D eigenvalue weighted by Gasteiger charge is 2.20. The van der Waals surface area contributed by atoms with Gasteiger partial charge in [-0.15, -0.1) is 0 Å². The maximum absolute atomic E-state index is 6.25. The number of hydrogen-bond acceptors (Lipinski definition) is 4. The van der Waals surface area contributed by atoms with Gasteiger partial charge in [-0.2, -0.15) is 0 Å². The average molecular weight is 290 g/mol. The van der Waals surface area contributed by atoms with Crippen LogP contribution < -0.4 is 15.0 Å². The van der Waals surface area contributed by atoms with Crippen molar-refractivity contribution in [2.75, 3.05) is 44.3 Å². The van der Waals surface area contributed by atoms with E-state index in [0.717, 1.165) is 58.0 Å². The molecule has 0 aliphatic carbocycles. The summed E-state index contributed by atoms with van der Waals surface area (Å²) in [6.07, 6.45) is 3.57. The van der Waals surface area contributed by atoms with Gasteiger partial charge in [0, 0.05) is 26.2 Å². The lowest BCUT2D eigenvalue weighted by Crippen LogP contribution is -2.31. The number of hydrogen-bond donors (Lipinski definition) is 1. The molecule has 1 N–H and O–H groups in total. The molecule has 4 heteroatoms. The molecule has 0 amide bonds. The van der Waals surface area contributed by atoms with E-state index in [1.807, 2.05) is 0 Å². The van der Waals surface area contributed by atoms with Gasteiger partial charge in [0.15, 0.2) is 0 Å². The Bertz CT molecular complexity index is 450. The monoisotopic (exact) mass is 290 g/mol. The van der Waals surface area contributed by atoms with Crippen molar-refractivity contribution in [2.45, 2.75) is 32.3 Å². The normalized spacial score (nSPS) is 23.7. The van der Waals surface area contributed by atoms with Crippen LogP contribution in [-0.2, 0) is 4.74 Å². The molecule has 1 aromatic rings. The van der Waals surface area contributed by atoms with E-state index in [4.69, 9.17) is 9.47 Å². The summed E-state index contributed by atoms with van der Waals surface area (Å²) in [5, 5.41) is 3.46. The molecule has 1 atom stereocenters. The molecule has 116 valence electrons. The van der Waals surface area contributed by atoms with Crippen molar-refractivity contribution in [3.8, 4) is 5.75 Å². The summed E-state index contributed by atoms with van der Waals surface area (Å²) >= 11 is 0. The third kappa shape index (κ3) is 3.89. The fraction of sp³-hybridized carbons (Fsp3) is 0.647. The van der Waals surface area contributed by atoms with E-state index >= 15 is 0 Å². The fourth-order valence-corrected chi connectivity index (χ4v) is 3.04. The molecule has 2 fully saturated rings. The van der Waals surface area contributed by atoms with Crippen LogP contribution in [0.25, 0.3) is 0 Å². The molecular weight excluding hydrogens is 264 g/mol. The number of nitrogens with one attached hydrogen (secondary N) is 1. The molecule has 21 heavy (non-hydrogen) atoms. The van der Waals surface area contributed by atoms with Crippen LogP contribution in [0.4, 0.5) is 5.69 Å². The Morgan fingerprint density at radius 1 is 1.24 bits per heavy atom. The first-order valence-corrected chi connectivity index (χ1v) is 8.13. The molecule has 3 rings (SSSR count). The highest BCUT2D eigenvalue weighted by Crippen LogP contribution is 2.31. The zero-order valence-corrected chi connectivity index (χ0v) is 12.9. The van der Waals surface area contributed by atoms with Crippen LogP contribution in [-0.4, -0.2) is 45.5 Å². The first kappa shape index (κ1) is 14.7. The van der Waals surface area contributed by atoms with Crippen molar-refractivity contribution in [1.29, 1.82) is 0 Å². The van der Waals surface area contributed by atoms with E-state index in [0.29, 0.717) is 0 Å². The van der Waals surface area contributed by atoms with Crippen molar-refractivity contribution in [3.05, 3.63) is 23.8 Å². The van der Waals surface area contributed by atoms with Crippen LogP contribution in [0.1, 0.15) is 24.8 Å². The lowest BCUT2D eigenvalue weighted by atomic mass is 10.1. The summed E-state index contributed by atoms with van der Waals surface area (Å²) in [6.45, 7) is 8.02. The fourth-order valence-electron chi connectivity index (χ4n) is 3.04. The summed E-state index contributed by atoms with van der Waals surface area (Å²) in [7, 11) is 0. The molecule has 2 saturated heterocycles. The predicted octanol–water partition coefficient (Wildman–Crippen LogP) is 2.35. The molecular formula is C17H26N2O2. The molecule has 1 aromatic carbocycles. The van der Waals surface area contributed by atoms with E-state index in [1.165, 1.54) is 17.7 Å². The zero-order chi connectivity index (χ0) is 14.5. The lowest BCUT2D eigenvalue weighted by molar-refractivity contribution is 0.00762. The quantitative estimate of drug-likeness (QED) is 0.926. The highest BCUT2D eigenvalue weighted by atomic mass is 16.5. The second-order valence-corrected chi connectivity index (χ2v) is 6.02. The number of benzene rings is 1. The Balaban J connectivity index is 1.78. The summed E-state index contributed by atoms with van der Waals surface area (Å²) < 4.78 is 11.8. The van der Waals surface area contributed by atoms with Gasteiger partial charge < -0.3 is 19.7 Å². The summed E-state index contributed by atoms with van der Waals surface area (Å²) in [4.78, 5) is 2.45. The van der Waals surface area contributed by atoms with Crippen molar-refractivity contribution in [2.24, 2.45) is 0 Å². The smallest absolute Gasteiger partial charge is 0.143 e. The number of anilines is 1. The van der Waals surface area contributed by atoms with Gasteiger partial charge in [-0.1, -0.05) is 6.07 Å². The van der Waals surface area contributed by atoms with Crippen LogP contribution in [0.2, 0.25) is 0 Å². The summed E-state index contributed by atoms with van der Waals surface area (Å²) in [5.74, 6) is 1.01. The number of aryl methyl sites for hydroxylation is 1. The maximum atomic E-state index is 6.25. The molecule has 1 unspecified atom stereocenters. The molecule has 0 radical (unpaired) electrons. The summed E-state index contributed by atoms with van der Waals surface area (Å²) in [6, 6.07) is 6.51. The van der Waals surface area contributed by atoms with Crippen molar-refractivity contribution in [1.82, 2.24) is 5.32 Å². The van der Waals surface area contributed by atoms with Crippen LogP contribution >= 0.6 is 0 Å². The molecule has 0 aromatic heterocycles. The Hall–Kier alpha value is -1.26. The first-order valence-electron chi connectivity index (χ1n) is 8.13. The van der Waals surface area contributed by atoms with Gasteiger partial charge in [0.25, 0.3) is 0 Å². The third-order valence-corrected chi connectivity index (χ3v) is 4.21. The van der Waals surface area contributed by atoms with Gasteiger partial charge in [-0.05, 0) is 50.4 Å². The number of ether oxygens (including phenoxy) is 2. The minimum absolute atomic E-state index is 0.199. The molecule has 0 saturated carbocycles. The largest absolute Gasteiger partial charge is 0.486 e. The molecule has 0 spiro atoms. The van der Waals surface area contributed by atoms with Gasteiger partial charge in [0.1, 0.15) is 11.9 Å². The van der Waals surface area contributed by atoms with Gasteiger partial charge >= 0.3 is 0 Å². The standard InChI is InChI=1S/C17H26N2O2/c1-14-5-6-17(21-15-4-2-11-20-13-15)16(12-14)19-9-3-7-18-8-10-19/h5-6,12,15,18H,2-4,7-11,13H2,1H3. The zero-order valence-electron chi connectivity index (χ0n) is 12.9. The first-order chi connectivity index (χ1) is 10.3. The topological polar surface area (TPSA) is 33.7 Å². The van der Waals surface area contributed by atoms with Crippen molar-refractivity contribution in [3.63, 3.8) is 0 Å². The molecule has 2 heterocycles. The predicted molar refractivity (Wildman–Crippen MR) is 85.3 cm³/mol. The van der Waals surface area contributed by atoms with Crippen LogP contribution in [0, 0.1) is 6.92 Å². The van der Waals surface area contributed by atoms with Crippen molar-refractivity contribution < 1.29 is 9.47 Å². The Labute approximate surface area is 127 Å². The maximum Gasteiger partial charge on any atom is 0.143 e. The van der Waals surface area contributed by atoms with Gasteiger partial charge in [0.2, 0.25) is 0 Å². The highest BCUT2D eigenvalue weighted by molar-refractivity contribution is 5.60. The van der Waals surface area contributed by atoms with E-state index in [9.17, 15) is 0 Å².